The molecule has 0 aromatic heterocycles. The highest BCUT2D eigenvalue weighted by molar-refractivity contribution is 5.79. The summed E-state index contributed by atoms with van der Waals surface area (Å²) in [6, 6.07) is 0.460. The minimum atomic E-state index is 0.0471. The molecule has 0 aromatic rings. The predicted molar refractivity (Wildman–Crippen MR) is 69.4 cm³/mol. The van der Waals surface area contributed by atoms with Crippen molar-refractivity contribution in [2.75, 3.05) is 6.54 Å². The first-order chi connectivity index (χ1) is 8.19. The second-order valence-corrected chi connectivity index (χ2v) is 6.09. The monoisotopic (exact) mass is 238 g/mol. The van der Waals surface area contributed by atoms with Gasteiger partial charge in [-0.3, -0.25) is 4.79 Å². The third kappa shape index (κ3) is 3.98. The van der Waals surface area contributed by atoms with Gasteiger partial charge < -0.3 is 11.1 Å². The fourth-order valence-corrected chi connectivity index (χ4v) is 3.03. The van der Waals surface area contributed by atoms with E-state index in [1.54, 1.807) is 0 Å². The molecule has 2 rings (SSSR count). The van der Waals surface area contributed by atoms with Gasteiger partial charge >= 0.3 is 0 Å². The number of hydrogen-bond acceptors (Lipinski definition) is 2. The van der Waals surface area contributed by atoms with Gasteiger partial charge in [-0.1, -0.05) is 26.2 Å². The lowest BCUT2D eigenvalue weighted by molar-refractivity contribution is -0.125. The van der Waals surface area contributed by atoms with Crippen LogP contribution < -0.4 is 11.1 Å². The summed E-state index contributed by atoms with van der Waals surface area (Å²) in [6.07, 6.45) is 8.57. The number of amides is 1. The molecule has 0 aromatic carbocycles. The standard InChI is InChI=1S/C14H26N2O/c1-10-3-2-4-11(7-10)8-12(9-15)14(17)16-13-5-6-13/h10-13H,2-9,15H2,1H3,(H,16,17). The smallest absolute Gasteiger partial charge is 0.224 e. The van der Waals surface area contributed by atoms with Crippen molar-refractivity contribution < 1.29 is 4.79 Å². The Morgan fingerprint density at radius 2 is 2.12 bits per heavy atom. The van der Waals surface area contributed by atoms with Crippen LogP contribution >= 0.6 is 0 Å². The highest BCUT2D eigenvalue weighted by atomic mass is 16.2. The summed E-state index contributed by atoms with van der Waals surface area (Å²) in [5.74, 6) is 1.80. The molecule has 0 aliphatic heterocycles. The lowest BCUT2D eigenvalue weighted by atomic mass is 9.78. The number of carbonyl (C=O) groups excluding carboxylic acids is 1. The summed E-state index contributed by atoms with van der Waals surface area (Å²) in [5, 5.41) is 3.09. The minimum absolute atomic E-state index is 0.0471. The molecule has 2 aliphatic rings. The molecule has 3 N–H and O–H groups in total. The molecular weight excluding hydrogens is 212 g/mol. The first-order valence-corrected chi connectivity index (χ1v) is 7.19. The highest BCUT2D eigenvalue weighted by Gasteiger charge is 2.29. The van der Waals surface area contributed by atoms with Crippen LogP contribution in [0.5, 0.6) is 0 Å². The molecule has 2 aliphatic carbocycles. The number of nitrogens with one attached hydrogen (secondary N) is 1. The van der Waals surface area contributed by atoms with Crippen LogP contribution in [0.3, 0.4) is 0 Å². The van der Waals surface area contributed by atoms with Crippen molar-refractivity contribution in [3.8, 4) is 0 Å². The fourth-order valence-electron chi connectivity index (χ4n) is 3.03. The van der Waals surface area contributed by atoms with Gasteiger partial charge in [-0.05, 0) is 37.5 Å². The van der Waals surface area contributed by atoms with Gasteiger partial charge in [-0.25, -0.2) is 0 Å². The average molecular weight is 238 g/mol. The van der Waals surface area contributed by atoms with Gasteiger partial charge in [0, 0.05) is 12.6 Å². The molecule has 0 spiro atoms. The van der Waals surface area contributed by atoms with Crippen LogP contribution in [0, 0.1) is 17.8 Å². The second kappa shape index (κ2) is 5.85. The van der Waals surface area contributed by atoms with Crippen molar-refractivity contribution in [1.29, 1.82) is 0 Å². The maximum absolute atomic E-state index is 12.0. The molecular formula is C14H26N2O. The maximum atomic E-state index is 12.0. The Hall–Kier alpha value is -0.570. The molecule has 3 nitrogen and oxygen atoms in total. The Balaban J connectivity index is 1.78. The number of carbonyl (C=O) groups is 1. The number of nitrogens with two attached hydrogens (primary N) is 1. The molecule has 2 fully saturated rings. The molecule has 2 saturated carbocycles. The molecule has 3 atom stereocenters. The van der Waals surface area contributed by atoms with Crippen molar-refractivity contribution in [1.82, 2.24) is 5.32 Å². The van der Waals surface area contributed by atoms with Crippen LogP contribution in [0.25, 0.3) is 0 Å². The molecule has 0 radical (unpaired) electrons. The summed E-state index contributed by atoms with van der Waals surface area (Å²) >= 11 is 0. The van der Waals surface area contributed by atoms with Crippen LogP contribution in [-0.2, 0) is 4.79 Å². The van der Waals surface area contributed by atoms with Crippen LogP contribution in [-0.4, -0.2) is 18.5 Å². The van der Waals surface area contributed by atoms with Gasteiger partial charge in [0.2, 0.25) is 5.91 Å². The van der Waals surface area contributed by atoms with E-state index in [4.69, 9.17) is 5.73 Å². The third-order valence-electron chi connectivity index (χ3n) is 4.24. The van der Waals surface area contributed by atoms with Gasteiger partial charge in [0.25, 0.3) is 0 Å². The summed E-state index contributed by atoms with van der Waals surface area (Å²) < 4.78 is 0. The molecule has 0 heterocycles. The van der Waals surface area contributed by atoms with E-state index in [9.17, 15) is 4.79 Å². The van der Waals surface area contributed by atoms with Crippen molar-refractivity contribution in [3.63, 3.8) is 0 Å². The van der Waals surface area contributed by atoms with E-state index in [0.717, 1.165) is 31.1 Å². The molecule has 0 bridgehead atoms. The van der Waals surface area contributed by atoms with E-state index in [2.05, 4.69) is 12.2 Å². The molecule has 17 heavy (non-hydrogen) atoms. The van der Waals surface area contributed by atoms with E-state index >= 15 is 0 Å². The van der Waals surface area contributed by atoms with Gasteiger partial charge in [-0.2, -0.15) is 0 Å². The first kappa shape index (κ1) is 12.9. The van der Waals surface area contributed by atoms with Crippen molar-refractivity contribution in [3.05, 3.63) is 0 Å². The van der Waals surface area contributed by atoms with Gasteiger partial charge in [0.1, 0.15) is 0 Å². The quantitative estimate of drug-likeness (QED) is 0.770. The lowest BCUT2D eigenvalue weighted by Gasteiger charge is -2.29. The van der Waals surface area contributed by atoms with Gasteiger partial charge in [0.15, 0.2) is 0 Å². The minimum Gasteiger partial charge on any atom is -0.353 e. The van der Waals surface area contributed by atoms with E-state index in [-0.39, 0.29) is 11.8 Å². The van der Waals surface area contributed by atoms with Crippen LogP contribution in [0.15, 0.2) is 0 Å². The Labute approximate surface area is 105 Å². The van der Waals surface area contributed by atoms with E-state index < -0.39 is 0 Å². The zero-order valence-corrected chi connectivity index (χ0v) is 11.0. The highest BCUT2D eigenvalue weighted by Crippen LogP contribution is 2.32. The largest absolute Gasteiger partial charge is 0.353 e. The summed E-state index contributed by atoms with van der Waals surface area (Å²) in [5.41, 5.74) is 5.76. The third-order valence-corrected chi connectivity index (χ3v) is 4.24. The molecule has 3 heteroatoms. The van der Waals surface area contributed by atoms with Crippen LogP contribution in [0.2, 0.25) is 0 Å². The van der Waals surface area contributed by atoms with E-state index in [0.29, 0.717) is 12.6 Å². The Morgan fingerprint density at radius 3 is 2.71 bits per heavy atom. The zero-order chi connectivity index (χ0) is 12.3. The second-order valence-electron chi connectivity index (χ2n) is 6.09. The SMILES string of the molecule is CC1CCCC(CC(CN)C(=O)NC2CC2)C1. The van der Waals surface area contributed by atoms with E-state index in [1.807, 2.05) is 0 Å². The van der Waals surface area contributed by atoms with E-state index in [1.165, 1.54) is 25.7 Å². The predicted octanol–water partition coefficient (Wildman–Crippen LogP) is 2.06. The summed E-state index contributed by atoms with van der Waals surface area (Å²) in [4.78, 5) is 12.0. The molecule has 1 amide bonds. The molecule has 0 saturated heterocycles. The van der Waals surface area contributed by atoms with Crippen molar-refractivity contribution in [2.24, 2.45) is 23.5 Å². The number of rotatable bonds is 5. The first-order valence-electron chi connectivity index (χ1n) is 7.19. The maximum Gasteiger partial charge on any atom is 0.224 e. The van der Waals surface area contributed by atoms with Crippen molar-refractivity contribution in [2.45, 2.75) is 57.9 Å². The van der Waals surface area contributed by atoms with Crippen LogP contribution in [0.1, 0.15) is 51.9 Å². The van der Waals surface area contributed by atoms with Crippen LogP contribution in [0.4, 0.5) is 0 Å². The Bertz CT molecular complexity index is 263. The topological polar surface area (TPSA) is 55.1 Å². The normalized spacial score (nSPS) is 30.9. The number of hydrogen-bond donors (Lipinski definition) is 2. The molecule has 3 unspecified atom stereocenters. The van der Waals surface area contributed by atoms with Gasteiger partial charge in [-0.15, -0.1) is 0 Å². The lowest BCUT2D eigenvalue weighted by Crippen LogP contribution is -2.37. The summed E-state index contributed by atoms with van der Waals surface area (Å²) in [7, 11) is 0. The van der Waals surface area contributed by atoms with Gasteiger partial charge in [0.05, 0.1) is 5.92 Å². The molecule has 98 valence electrons. The fraction of sp³-hybridized carbons (Fsp3) is 0.929. The Kier molecular flexibility index (Phi) is 4.43. The van der Waals surface area contributed by atoms with Crippen molar-refractivity contribution >= 4 is 5.91 Å². The zero-order valence-electron chi connectivity index (χ0n) is 11.0. The summed E-state index contributed by atoms with van der Waals surface area (Å²) in [6.45, 7) is 2.83. The average Bonchev–Trinajstić information content (AvgIpc) is 3.09. The Morgan fingerprint density at radius 1 is 1.35 bits per heavy atom.